The zero-order chi connectivity index (χ0) is 24.4. The molecule has 1 aliphatic heterocycles. The summed E-state index contributed by atoms with van der Waals surface area (Å²) in [6.07, 6.45) is 1.26. The molecule has 1 atom stereocenters. The van der Waals surface area contributed by atoms with Gasteiger partial charge in [-0.25, -0.2) is 8.78 Å². The van der Waals surface area contributed by atoms with Crippen LogP contribution in [0.15, 0.2) is 60.8 Å². The molecule has 11 heteroatoms. The second-order valence-electron chi connectivity index (χ2n) is 7.64. The van der Waals surface area contributed by atoms with Gasteiger partial charge in [0.15, 0.2) is 0 Å². The van der Waals surface area contributed by atoms with Crippen molar-refractivity contribution in [2.45, 2.75) is 13.0 Å². The smallest absolute Gasteiger partial charge is 0.306 e. The van der Waals surface area contributed by atoms with Gasteiger partial charge in [0, 0.05) is 31.3 Å². The molecule has 2 aromatic carbocycles. The quantitative estimate of drug-likeness (QED) is 0.401. The number of hydrogen-bond acceptors (Lipinski definition) is 5. The van der Waals surface area contributed by atoms with Crippen molar-refractivity contribution in [2.75, 3.05) is 16.3 Å². The highest BCUT2D eigenvalue weighted by atomic mass is 19.1. The number of pyridine rings is 1. The lowest BCUT2D eigenvalue weighted by molar-refractivity contribution is -0.387. The number of aromatic nitrogens is 1. The fourth-order valence-electron chi connectivity index (χ4n) is 3.79. The van der Waals surface area contributed by atoms with Crippen LogP contribution in [0.3, 0.4) is 0 Å². The maximum Gasteiger partial charge on any atom is 0.306 e. The van der Waals surface area contributed by atoms with E-state index in [2.05, 4.69) is 4.98 Å². The van der Waals surface area contributed by atoms with Crippen LogP contribution in [0.5, 0.6) is 0 Å². The van der Waals surface area contributed by atoms with Gasteiger partial charge in [0.05, 0.1) is 34.5 Å². The minimum Gasteiger partial charge on any atom is -0.311 e. The molecular weight excluding hydrogens is 453 g/mol. The maximum absolute atomic E-state index is 14.6. The van der Waals surface area contributed by atoms with Crippen molar-refractivity contribution in [3.8, 4) is 0 Å². The number of carbonyl (C=O) groups is 2. The standard InChI is InChI=1S/C23H17F3N4O4/c24-15-4-7-20(19(26)10-15)29(13-16-3-1-2-8-27-16)23(32)14-9-22(31)28(12-14)17-5-6-18(25)21(11-17)30(33)34/h1-8,10-11,14H,9,12-13H2. The third-order valence-corrected chi connectivity index (χ3v) is 5.43. The Morgan fingerprint density at radius 2 is 1.91 bits per heavy atom. The summed E-state index contributed by atoms with van der Waals surface area (Å²) >= 11 is 0. The second kappa shape index (κ2) is 9.30. The monoisotopic (exact) mass is 470 g/mol. The molecule has 0 spiro atoms. The lowest BCUT2D eigenvalue weighted by Gasteiger charge is -2.26. The Labute approximate surface area is 191 Å². The molecule has 3 aromatic rings. The summed E-state index contributed by atoms with van der Waals surface area (Å²) in [6.45, 7) is -0.281. The number of anilines is 2. The highest BCUT2D eigenvalue weighted by Gasteiger charge is 2.39. The van der Waals surface area contributed by atoms with Gasteiger partial charge in [0.2, 0.25) is 17.6 Å². The topological polar surface area (TPSA) is 96.7 Å². The first kappa shape index (κ1) is 22.9. The van der Waals surface area contributed by atoms with Gasteiger partial charge in [-0.1, -0.05) is 6.07 Å². The highest BCUT2D eigenvalue weighted by molar-refractivity contribution is 6.04. The molecule has 1 fully saturated rings. The van der Waals surface area contributed by atoms with E-state index in [1.165, 1.54) is 12.3 Å². The van der Waals surface area contributed by atoms with Crippen LogP contribution in [0.25, 0.3) is 0 Å². The number of rotatable bonds is 6. The molecule has 174 valence electrons. The molecule has 1 unspecified atom stereocenters. The van der Waals surface area contributed by atoms with Gasteiger partial charge < -0.3 is 9.80 Å². The fraction of sp³-hybridized carbons (Fsp3) is 0.174. The zero-order valence-electron chi connectivity index (χ0n) is 17.5. The molecule has 0 aliphatic carbocycles. The van der Waals surface area contributed by atoms with Crippen LogP contribution < -0.4 is 9.80 Å². The Bertz CT molecular complexity index is 1270. The molecule has 34 heavy (non-hydrogen) atoms. The summed E-state index contributed by atoms with van der Waals surface area (Å²) in [6, 6.07) is 10.8. The third-order valence-electron chi connectivity index (χ3n) is 5.43. The van der Waals surface area contributed by atoms with Crippen molar-refractivity contribution in [2.24, 2.45) is 5.92 Å². The summed E-state index contributed by atoms with van der Waals surface area (Å²) in [5.74, 6) is -4.86. The highest BCUT2D eigenvalue weighted by Crippen LogP contribution is 2.32. The summed E-state index contributed by atoms with van der Waals surface area (Å²) in [5.41, 5.74) is -0.474. The molecule has 1 saturated heterocycles. The van der Waals surface area contributed by atoms with Crippen LogP contribution in [0.2, 0.25) is 0 Å². The van der Waals surface area contributed by atoms with Crippen LogP contribution in [-0.4, -0.2) is 28.3 Å². The molecule has 0 N–H and O–H groups in total. The first-order valence-corrected chi connectivity index (χ1v) is 10.1. The minimum atomic E-state index is -1.05. The van der Waals surface area contributed by atoms with Crippen molar-refractivity contribution >= 4 is 28.9 Å². The van der Waals surface area contributed by atoms with Gasteiger partial charge in [-0.3, -0.25) is 24.7 Å². The van der Waals surface area contributed by atoms with Crippen molar-refractivity contribution in [3.63, 3.8) is 0 Å². The average molecular weight is 470 g/mol. The van der Waals surface area contributed by atoms with Gasteiger partial charge in [-0.15, -0.1) is 0 Å². The number of nitro benzene ring substituents is 1. The molecule has 0 bridgehead atoms. The molecule has 2 amide bonds. The maximum atomic E-state index is 14.6. The van der Waals surface area contributed by atoms with E-state index in [9.17, 15) is 32.9 Å². The van der Waals surface area contributed by atoms with E-state index < -0.39 is 45.8 Å². The van der Waals surface area contributed by atoms with E-state index in [0.717, 1.165) is 34.1 Å². The molecule has 0 saturated carbocycles. The Balaban J connectivity index is 1.63. The Morgan fingerprint density at radius 1 is 1.12 bits per heavy atom. The molecular formula is C23H17F3N4O4. The predicted molar refractivity (Wildman–Crippen MR) is 115 cm³/mol. The van der Waals surface area contributed by atoms with E-state index in [1.807, 2.05) is 0 Å². The molecule has 1 aromatic heterocycles. The minimum absolute atomic E-state index is 0.0673. The molecule has 4 rings (SSSR count). The van der Waals surface area contributed by atoms with Gasteiger partial charge >= 0.3 is 5.69 Å². The van der Waals surface area contributed by atoms with Crippen LogP contribution in [0.1, 0.15) is 12.1 Å². The molecule has 8 nitrogen and oxygen atoms in total. The SMILES string of the molecule is O=C1CC(C(=O)N(Cc2ccccn2)c2ccc(F)cc2F)CN1c1ccc(F)c([N+](=O)[O-])c1. The van der Waals surface area contributed by atoms with Crippen molar-refractivity contribution in [1.29, 1.82) is 0 Å². The van der Waals surface area contributed by atoms with E-state index in [-0.39, 0.29) is 30.9 Å². The summed E-state index contributed by atoms with van der Waals surface area (Å²) in [5, 5.41) is 11.1. The van der Waals surface area contributed by atoms with Gasteiger partial charge in [-0.05, 0) is 36.4 Å². The Hall–Kier alpha value is -4.28. The van der Waals surface area contributed by atoms with E-state index in [0.29, 0.717) is 11.8 Å². The lowest BCUT2D eigenvalue weighted by atomic mass is 10.1. The van der Waals surface area contributed by atoms with Crippen molar-refractivity contribution < 1.29 is 27.7 Å². The first-order valence-electron chi connectivity index (χ1n) is 10.1. The largest absolute Gasteiger partial charge is 0.311 e. The zero-order valence-corrected chi connectivity index (χ0v) is 17.5. The summed E-state index contributed by atoms with van der Waals surface area (Å²) in [7, 11) is 0. The predicted octanol–water partition coefficient (Wildman–Crippen LogP) is 3.99. The average Bonchev–Trinajstić information content (AvgIpc) is 3.20. The Kier molecular flexibility index (Phi) is 6.26. The van der Waals surface area contributed by atoms with Crippen LogP contribution in [0, 0.1) is 33.5 Å². The number of carbonyl (C=O) groups excluding carboxylic acids is 2. The Morgan fingerprint density at radius 3 is 2.59 bits per heavy atom. The third kappa shape index (κ3) is 4.58. The number of halogens is 3. The number of benzene rings is 2. The fourth-order valence-corrected chi connectivity index (χ4v) is 3.79. The summed E-state index contributed by atoms with van der Waals surface area (Å²) < 4.78 is 41.8. The van der Waals surface area contributed by atoms with Gasteiger partial charge in [0.1, 0.15) is 11.6 Å². The van der Waals surface area contributed by atoms with Crippen LogP contribution >= 0.6 is 0 Å². The van der Waals surface area contributed by atoms with Crippen molar-refractivity contribution in [3.05, 3.63) is 94.1 Å². The van der Waals surface area contributed by atoms with Gasteiger partial charge in [-0.2, -0.15) is 4.39 Å². The van der Waals surface area contributed by atoms with Gasteiger partial charge in [0.25, 0.3) is 0 Å². The van der Waals surface area contributed by atoms with E-state index >= 15 is 0 Å². The van der Waals surface area contributed by atoms with Crippen molar-refractivity contribution in [1.82, 2.24) is 4.98 Å². The molecule has 1 aliphatic rings. The lowest BCUT2D eigenvalue weighted by Crippen LogP contribution is -2.38. The number of nitrogens with zero attached hydrogens (tertiary/aromatic N) is 4. The number of amides is 2. The first-order chi connectivity index (χ1) is 16.2. The molecule has 0 radical (unpaired) electrons. The number of hydrogen-bond donors (Lipinski definition) is 0. The normalized spacial score (nSPS) is 15.4. The molecule has 2 heterocycles. The van der Waals surface area contributed by atoms with Crippen LogP contribution in [0.4, 0.5) is 30.2 Å². The summed E-state index contributed by atoms with van der Waals surface area (Å²) in [4.78, 5) is 42.6. The van der Waals surface area contributed by atoms with Crippen LogP contribution in [-0.2, 0) is 16.1 Å². The number of nitro groups is 1. The van der Waals surface area contributed by atoms with E-state index in [4.69, 9.17) is 0 Å². The van der Waals surface area contributed by atoms with E-state index in [1.54, 1.807) is 18.2 Å². The second-order valence-corrected chi connectivity index (χ2v) is 7.64.